The number of anilines is 2. The second-order valence-corrected chi connectivity index (χ2v) is 11.1. The number of sulfonamides is 1. The summed E-state index contributed by atoms with van der Waals surface area (Å²) in [4.78, 5) is 6.71. The fraction of sp³-hybridized carbons (Fsp3) is 0.240. The lowest BCUT2D eigenvalue weighted by molar-refractivity contribution is 0.137. The quantitative estimate of drug-likeness (QED) is 0.239. The molecule has 0 saturated carbocycles. The van der Waals surface area contributed by atoms with Crippen molar-refractivity contribution in [1.29, 1.82) is 0 Å². The van der Waals surface area contributed by atoms with Crippen molar-refractivity contribution in [2.24, 2.45) is 0 Å². The van der Waals surface area contributed by atoms with E-state index in [1.165, 1.54) is 15.6 Å². The Hall–Kier alpha value is -2.65. The standard InChI is InChI=1S/C25H26ClN3O3S2/c1-4-28(5-2)17-32-21-11-9-20(10-12-21)29(34(30,31)25-7-6-14-33-25)24-15-18(3)27-23-16-19(26)8-13-22(23)24/h6-16H,4-5,17H2,1-3H3. The predicted octanol–water partition coefficient (Wildman–Crippen LogP) is 6.46. The van der Waals surface area contributed by atoms with Gasteiger partial charge in [-0.05, 0) is 80.0 Å². The van der Waals surface area contributed by atoms with Gasteiger partial charge in [-0.15, -0.1) is 11.3 Å². The van der Waals surface area contributed by atoms with E-state index in [9.17, 15) is 8.42 Å². The van der Waals surface area contributed by atoms with Crippen LogP contribution in [0.1, 0.15) is 19.5 Å². The van der Waals surface area contributed by atoms with Gasteiger partial charge in [-0.3, -0.25) is 9.88 Å². The highest BCUT2D eigenvalue weighted by molar-refractivity contribution is 7.95. The monoisotopic (exact) mass is 515 g/mol. The lowest BCUT2D eigenvalue weighted by Gasteiger charge is -2.26. The molecule has 6 nitrogen and oxygen atoms in total. The largest absolute Gasteiger partial charge is 0.478 e. The minimum Gasteiger partial charge on any atom is -0.478 e. The first kappa shape index (κ1) is 24.5. The summed E-state index contributed by atoms with van der Waals surface area (Å²) in [5, 5.41) is 2.99. The summed E-state index contributed by atoms with van der Waals surface area (Å²) in [5.74, 6) is 0.673. The number of fused-ring (bicyclic) bond motifs is 1. The Morgan fingerprint density at radius 3 is 2.41 bits per heavy atom. The summed E-state index contributed by atoms with van der Waals surface area (Å²) in [6, 6.07) is 17.5. The number of hydrogen-bond acceptors (Lipinski definition) is 6. The topological polar surface area (TPSA) is 62.7 Å². The van der Waals surface area contributed by atoms with Gasteiger partial charge in [-0.25, -0.2) is 4.31 Å². The molecule has 0 atom stereocenters. The van der Waals surface area contributed by atoms with E-state index in [-0.39, 0.29) is 4.21 Å². The van der Waals surface area contributed by atoms with Gasteiger partial charge >= 0.3 is 0 Å². The zero-order valence-electron chi connectivity index (χ0n) is 19.2. The Morgan fingerprint density at radius 1 is 1.03 bits per heavy atom. The maximum absolute atomic E-state index is 13.8. The van der Waals surface area contributed by atoms with Crippen LogP contribution in [0.2, 0.25) is 5.02 Å². The Labute approximate surface area is 209 Å². The van der Waals surface area contributed by atoms with Crippen molar-refractivity contribution >= 4 is 55.2 Å². The van der Waals surface area contributed by atoms with Gasteiger partial charge in [-0.1, -0.05) is 31.5 Å². The molecule has 0 bridgehead atoms. The number of pyridine rings is 1. The number of ether oxygens (including phenoxy) is 1. The van der Waals surface area contributed by atoms with Crippen molar-refractivity contribution in [3.05, 3.63) is 76.8 Å². The van der Waals surface area contributed by atoms with Gasteiger partial charge < -0.3 is 4.74 Å². The highest BCUT2D eigenvalue weighted by Gasteiger charge is 2.29. The molecule has 0 unspecified atom stereocenters. The number of aryl methyl sites for hydroxylation is 1. The van der Waals surface area contributed by atoms with E-state index in [1.807, 2.05) is 6.92 Å². The first-order valence-electron chi connectivity index (χ1n) is 10.9. The molecule has 0 N–H and O–H groups in total. The Bertz CT molecular complexity index is 1370. The minimum absolute atomic E-state index is 0.255. The molecule has 2 aromatic heterocycles. The molecule has 0 radical (unpaired) electrons. The molecule has 0 aliphatic heterocycles. The molecule has 0 spiro atoms. The number of aromatic nitrogens is 1. The van der Waals surface area contributed by atoms with Crippen LogP contribution in [-0.2, 0) is 10.0 Å². The van der Waals surface area contributed by atoms with Crippen molar-refractivity contribution in [2.75, 3.05) is 24.1 Å². The summed E-state index contributed by atoms with van der Waals surface area (Å²) >= 11 is 7.38. The fourth-order valence-electron chi connectivity index (χ4n) is 3.64. The second-order valence-electron chi connectivity index (χ2n) is 7.72. The number of nitrogens with zero attached hydrogens (tertiary/aromatic N) is 3. The van der Waals surface area contributed by atoms with E-state index in [1.54, 1.807) is 66.0 Å². The molecule has 178 valence electrons. The molecular weight excluding hydrogens is 490 g/mol. The van der Waals surface area contributed by atoms with Crippen LogP contribution in [0.4, 0.5) is 11.4 Å². The molecule has 4 aromatic rings. The lowest BCUT2D eigenvalue weighted by atomic mass is 10.1. The van der Waals surface area contributed by atoms with Crippen molar-refractivity contribution < 1.29 is 13.2 Å². The first-order valence-corrected chi connectivity index (χ1v) is 13.6. The lowest BCUT2D eigenvalue weighted by Crippen LogP contribution is -2.27. The van der Waals surface area contributed by atoms with Crippen LogP contribution in [-0.4, -0.2) is 38.1 Å². The molecule has 9 heteroatoms. The van der Waals surface area contributed by atoms with Gasteiger partial charge in [0.05, 0.1) is 16.9 Å². The van der Waals surface area contributed by atoms with Crippen LogP contribution < -0.4 is 9.04 Å². The number of benzene rings is 2. The molecule has 34 heavy (non-hydrogen) atoms. The Balaban J connectivity index is 1.82. The van der Waals surface area contributed by atoms with E-state index in [2.05, 4.69) is 23.7 Å². The second kappa shape index (κ2) is 10.3. The van der Waals surface area contributed by atoms with E-state index in [0.717, 1.165) is 13.1 Å². The van der Waals surface area contributed by atoms with Crippen LogP contribution in [0.25, 0.3) is 10.9 Å². The van der Waals surface area contributed by atoms with Crippen LogP contribution in [0.15, 0.2) is 70.3 Å². The normalized spacial score (nSPS) is 11.8. The van der Waals surface area contributed by atoms with Gasteiger partial charge in [-0.2, -0.15) is 8.42 Å². The third-order valence-electron chi connectivity index (χ3n) is 5.47. The van der Waals surface area contributed by atoms with E-state index < -0.39 is 10.0 Å². The fourth-order valence-corrected chi connectivity index (χ4v) is 6.37. The highest BCUT2D eigenvalue weighted by atomic mass is 35.5. The van der Waals surface area contributed by atoms with Gasteiger partial charge in [0.1, 0.15) is 16.7 Å². The zero-order chi connectivity index (χ0) is 24.3. The summed E-state index contributed by atoms with van der Waals surface area (Å²) < 4.78 is 35.2. The van der Waals surface area contributed by atoms with Gasteiger partial charge in [0, 0.05) is 16.1 Å². The molecular formula is C25H26ClN3O3S2. The third-order valence-corrected chi connectivity index (χ3v) is 8.82. The average Bonchev–Trinajstić information content (AvgIpc) is 3.36. The SMILES string of the molecule is CCN(CC)COc1ccc(N(c2cc(C)nc3cc(Cl)ccc23)S(=O)(=O)c2cccs2)cc1. The average molecular weight is 516 g/mol. The smallest absolute Gasteiger partial charge is 0.278 e. The van der Waals surface area contributed by atoms with Gasteiger partial charge in [0.2, 0.25) is 0 Å². The van der Waals surface area contributed by atoms with Gasteiger partial charge in [0.15, 0.2) is 0 Å². The molecule has 0 amide bonds. The maximum atomic E-state index is 13.8. The van der Waals surface area contributed by atoms with Crippen LogP contribution in [0.3, 0.4) is 0 Å². The highest BCUT2D eigenvalue weighted by Crippen LogP contribution is 2.39. The molecule has 0 saturated heterocycles. The van der Waals surface area contributed by atoms with Crippen LogP contribution in [0.5, 0.6) is 5.75 Å². The zero-order valence-corrected chi connectivity index (χ0v) is 21.6. The van der Waals surface area contributed by atoms with Crippen LogP contribution >= 0.6 is 22.9 Å². The minimum atomic E-state index is -3.89. The Kier molecular flexibility index (Phi) is 7.42. The van der Waals surface area contributed by atoms with E-state index in [4.69, 9.17) is 16.3 Å². The molecule has 2 aromatic carbocycles. The summed E-state index contributed by atoms with van der Waals surface area (Å²) in [7, 11) is -3.89. The van der Waals surface area contributed by atoms with Crippen molar-refractivity contribution in [3.63, 3.8) is 0 Å². The first-order chi connectivity index (χ1) is 16.3. The summed E-state index contributed by atoms with van der Waals surface area (Å²) in [5.41, 5.74) is 2.35. The van der Waals surface area contributed by atoms with Gasteiger partial charge in [0.25, 0.3) is 10.0 Å². The number of rotatable bonds is 9. The van der Waals surface area contributed by atoms with E-state index in [0.29, 0.717) is 45.5 Å². The summed E-state index contributed by atoms with van der Waals surface area (Å²) in [6.07, 6.45) is 0. The molecule has 2 heterocycles. The number of halogens is 1. The number of thiophene rings is 1. The van der Waals surface area contributed by atoms with Crippen molar-refractivity contribution in [1.82, 2.24) is 9.88 Å². The molecule has 0 aliphatic rings. The third kappa shape index (κ3) is 5.05. The summed E-state index contributed by atoms with van der Waals surface area (Å²) in [6.45, 7) is 8.25. The van der Waals surface area contributed by atoms with Crippen molar-refractivity contribution in [2.45, 2.75) is 25.0 Å². The number of hydrogen-bond donors (Lipinski definition) is 0. The van der Waals surface area contributed by atoms with Crippen molar-refractivity contribution in [3.8, 4) is 5.75 Å². The Morgan fingerprint density at radius 2 is 1.76 bits per heavy atom. The maximum Gasteiger partial charge on any atom is 0.278 e. The van der Waals surface area contributed by atoms with Crippen LogP contribution in [0, 0.1) is 6.92 Å². The molecule has 0 aliphatic carbocycles. The molecule has 4 rings (SSSR count). The van der Waals surface area contributed by atoms with E-state index >= 15 is 0 Å². The predicted molar refractivity (Wildman–Crippen MR) is 140 cm³/mol. The molecule has 0 fully saturated rings.